The van der Waals surface area contributed by atoms with Crippen LogP contribution in [0.3, 0.4) is 0 Å². The molecule has 1 saturated carbocycles. The van der Waals surface area contributed by atoms with Gasteiger partial charge in [0, 0.05) is 31.5 Å². The van der Waals surface area contributed by atoms with Crippen molar-refractivity contribution in [1.82, 2.24) is 14.5 Å². The SMILES string of the molecule is c1ccc(CN2C[C@H]3C[C@@H]2[C@@H]3n2ccnc2)cc1. The Morgan fingerprint density at radius 1 is 1.22 bits per heavy atom. The van der Waals surface area contributed by atoms with Crippen molar-refractivity contribution >= 4 is 0 Å². The van der Waals surface area contributed by atoms with E-state index in [1.807, 2.05) is 12.5 Å². The van der Waals surface area contributed by atoms with Gasteiger partial charge in [-0.3, -0.25) is 4.90 Å². The molecule has 0 radical (unpaired) electrons. The van der Waals surface area contributed by atoms with E-state index in [9.17, 15) is 0 Å². The summed E-state index contributed by atoms with van der Waals surface area (Å²) in [6.45, 7) is 2.33. The van der Waals surface area contributed by atoms with Crippen LogP contribution in [0.4, 0.5) is 0 Å². The van der Waals surface area contributed by atoms with Crippen LogP contribution in [-0.2, 0) is 6.54 Å². The summed E-state index contributed by atoms with van der Waals surface area (Å²) in [6.07, 6.45) is 7.32. The largest absolute Gasteiger partial charge is 0.333 e. The van der Waals surface area contributed by atoms with Crippen molar-refractivity contribution in [2.75, 3.05) is 6.54 Å². The fourth-order valence-corrected chi connectivity index (χ4v) is 3.58. The number of imidazole rings is 1. The summed E-state index contributed by atoms with van der Waals surface area (Å²) < 4.78 is 2.30. The van der Waals surface area contributed by atoms with Crippen LogP contribution < -0.4 is 0 Å². The van der Waals surface area contributed by atoms with Crippen LogP contribution in [0.5, 0.6) is 0 Å². The molecular weight excluding hydrogens is 222 g/mol. The molecule has 2 aromatic rings. The minimum absolute atomic E-state index is 0.663. The van der Waals surface area contributed by atoms with Gasteiger partial charge in [-0.25, -0.2) is 4.98 Å². The summed E-state index contributed by atoms with van der Waals surface area (Å²) in [5.74, 6) is 0.827. The number of aromatic nitrogens is 2. The zero-order valence-corrected chi connectivity index (χ0v) is 10.3. The lowest BCUT2D eigenvalue weighted by Gasteiger charge is -2.37. The monoisotopic (exact) mass is 239 g/mol. The van der Waals surface area contributed by atoms with Crippen molar-refractivity contribution in [3.8, 4) is 0 Å². The van der Waals surface area contributed by atoms with Gasteiger partial charge in [0.15, 0.2) is 0 Å². The quantitative estimate of drug-likeness (QED) is 0.819. The number of nitrogens with zero attached hydrogens (tertiary/aromatic N) is 3. The fourth-order valence-electron chi connectivity index (χ4n) is 3.58. The average Bonchev–Trinajstić information content (AvgIpc) is 3.05. The van der Waals surface area contributed by atoms with Crippen LogP contribution >= 0.6 is 0 Å². The summed E-state index contributed by atoms with van der Waals surface area (Å²) in [4.78, 5) is 6.80. The Morgan fingerprint density at radius 2 is 2.11 bits per heavy atom. The third kappa shape index (κ3) is 1.51. The van der Waals surface area contributed by atoms with Gasteiger partial charge in [-0.05, 0) is 17.9 Å². The molecule has 3 fully saturated rings. The third-order valence-corrected chi connectivity index (χ3v) is 4.46. The van der Waals surface area contributed by atoms with Crippen LogP contribution in [0.2, 0.25) is 0 Å². The zero-order valence-electron chi connectivity index (χ0n) is 10.3. The van der Waals surface area contributed by atoms with Gasteiger partial charge in [-0.2, -0.15) is 0 Å². The molecule has 2 aliphatic heterocycles. The van der Waals surface area contributed by atoms with E-state index < -0.39 is 0 Å². The second kappa shape index (κ2) is 3.95. The van der Waals surface area contributed by atoms with Gasteiger partial charge < -0.3 is 4.57 Å². The van der Waals surface area contributed by atoms with Gasteiger partial charge in [0.25, 0.3) is 0 Å². The molecule has 2 saturated heterocycles. The van der Waals surface area contributed by atoms with Gasteiger partial charge in [-0.15, -0.1) is 0 Å². The van der Waals surface area contributed by atoms with Crippen LogP contribution in [0.15, 0.2) is 49.1 Å². The van der Waals surface area contributed by atoms with E-state index in [4.69, 9.17) is 0 Å². The van der Waals surface area contributed by atoms with E-state index in [-0.39, 0.29) is 0 Å². The molecule has 1 aliphatic carbocycles. The molecule has 3 heterocycles. The summed E-state index contributed by atoms with van der Waals surface area (Å²) in [7, 11) is 0. The highest BCUT2D eigenvalue weighted by Gasteiger charge is 2.52. The molecule has 0 spiro atoms. The molecule has 3 heteroatoms. The first-order chi connectivity index (χ1) is 8.92. The fraction of sp³-hybridized carbons (Fsp3) is 0.400. The molecule has 5 rings (SSSR count). The van der Waals surface area contributed by atoms with Crippen LogP contribution in [0.25, 0.3) is 0 Å². The number of benzene rings is 1. The van der Waals surface area contributed by atoms with Crippen molar-refractivity contribution in [2.24, 2.45) is 5.92 Å². The normalized spacial score (nSPS) is 30.3. The average molecular weight is 239 g/mol. The van der Waals surface area contributed by atoms with E-state index in [0.717, 1.165) is 12.5 Å². The standard InChI is InChI=1S/C15H17N3/c1-2-4-12(5-3-1)9-18-10-13-8-14(18)15(13)17-7-6-16-11-17/h1-7,11,13-15H,8-10H2/t13-,14-,15-/m1/s1. The predicted octanol–water partition coefficient (Wildman–Crippen LogP) is 2.33. The minimum Gasteiger partial charge on any atom is -0.333 e. The first-order valence-corrected chi connectivity index (χ1v) is 6.67. The van der Waals surface area contributed by atoms with E-state index in [0.29, 0.717) is 12.1 Å². The van der Waals surface area contributed by atoms with Gasteiger partial charge >= 0.3 is 0 Å². The second-order valence-corrected chi connectivity index (χ2v) is 5.48. The lowest BCUT2D eigenvalue weighted by molar-refractivity contribution is 0.156. The topological polar surface area (TPSA) is 21.1 Å². The Hall–Kier alpha value is -1.61. The van der Waals surface area contributed by atoms with E-state index in [1.165, 1.54) is 18.5 Å². The summed E-state index contributed by atoms with van der Waals surface area (Å²) in [6, 6.07) is 12.2. The first kappa shape index (κ1) is 10.3. The van der Waals surface area contributed by atoms with Crippen molar-refractivity contribution < 1.29 is 0 Å². The predicted molar refractivity (Wildman–Crippen MR) is 70.0 cm³/mol. The minimum atomic E-state index is 0.663. The molecule has 0 N–H and O–H groups in total. The highest BCUT2D eigenvalue weighted by Crippen LogP contribution is 2.49. The molecule has 1 aromatic carbocycles. The molecule has 92 valence electrons. The molecule has 2 bridgehead atoms. The summed E-state index contributed by atoms with van der Waals surface area (Å²) in [5, 5.41) is 0. The second-order valence-electron chi connectivity index (χ2n) is 5.48. The van der Waals surface area contributed by atoms with Crippen molar-refractivity contribution in [3.63, 3.8) is 0 Å². The Labute approximate surface area is 107 Å². The van der Waals surface area contributed by atoms with Crippen LogP contribution in [0.1, 0.15) is 18.0 Å². The van der Waals surface area contributed by atoms with E-state index >= 15 is 0 Å². The Bertz CT molecular complexity index is 520. The van der Waals surface area contributed by atoms with Gasteiger partial charge in [0.2, 0.25) is 0 Å². The Morgan fingerprint density at radius 3 is 2.89 bits per heavy atom. The molecule has 0 unspecified atom stereocenters. The van der Waals surface area contributed by atoms with Crippen molar-refractivity contribution in [3.05, 3.63) is 54.6 Å². The molecule has 0 amide bonds. The Balaban J connectivity index is 1.50. The third-order valence-electron chi connectivity index (χ3n) is 4.46. The Kier molecular flexibility index (Phi) is 2.27. The highest BCUT2D eigenvalue weighted by atomic mass is 15.3. The first-order valence-electron chi connectivity index (χ1n) is 6.67. The molecule has 3 aliphatic rings. The lowest BCUT2D eigenvalue weighted by Crippen LogP contribution is -2.39. The van der Waals surface area contributed by atoms with Crippen LogP contribution in [0, 0.1) is 5.92 Å². The number of hydrogen-bond acceptors (Lipinski definition) is 2. The smallest absolute Gasteiger partial charge is 0.0949 e. The van der Waals surface area contributed by atoms with Crippen molar-refractivity contribution in [1.29, 1.82) is 0 Å². The summed E-state index contributed by atoms with van der Waals surface area (Å²) in [5.41, 5.74) is 1.43. The van der Waals surface area contributed by atoms with Gasteiger partial charge in [-0.1, -0.05) is 30.3 Å². The van der Waals surface area contributed by atoms with Crippen molar-refractivity contribution in [2.45, 2.75) is 25.0 Å². The molecule has 3 atom stereocenters. The van der Waals surface area contributed by atoms with Crippen LogP contribution in [-0.4, -0.2) is 27.0 Å². The summed E-state index contributed by atoms with van der Waals surface area (Å²) >= 11 is 0. The number of hydrogen-bond donors (Lipinski definition) is 0. The lowest BCUT2D eigenvalue weighted by atomic mass is 9.80. The maximum absolute atomic E-state index is 4.18. The van der Waals surface area contributed by atoms with E-state index in [2.05, 4.69) is 51.0 Å². The van der Waals surface area contributed by atoms with E-state index in [1.54, 1.807) is 0 Å². The maximum atomic E-state index is 4.18. The number of rotatable bonds is 3. The molecule has 1 aromatic heterocycles. The molecule has 18 heavy (non-hydrogen) atoms. The van der Waals surface area contributed by atoms with Gasteiger partial charge in [0.1, 0.15) is 0 Å². The maximum Gasteiger partial charge on any atom is 0.0949 e. The van der Waals surface area contributed by atoms with Gasteiger partial charge in [0.05, 0.1) is 12.4 Å². The number of fused-ring (bicyclic) bond motifs is 1. The molecular formula is C15H17N3. The highest BCUT2D eigenvalue weighted by molar-refractivity contribution is 5.17. The zero-order chi connectivity index (χ0) is 11.9. The molecule has 3 nitrogen and oxygen atoms in total.